The van der Waals surface area contributed by atoms with Gasteiger partial charge in [0.15, 0.2) is 0 Å². The number of halogens is 2. The summed E-state index contributed by atoms with van der Waals surface area (Å²) >= 11 is 5.70. The molecule has 6 heteroatoms. The highest BCUT2D eigenvalue weighted by Crippen LogP contribution is 2.28. The Morgan fingerprint density at radius 3 is 2.87 bits per heavy atom. The molecule has 0 spiro atoms. The van der Waals surface area contributed by atoms with Crippen LogP contribution in [0.25, 0.3) is 0 Å². The van der Waals surface area contributed by atoms with Crippen LogP contribution in [0.1, 0.15) is 25.0 Å². The van der Waals surface area contributed by atoms with Gasteiger partial charge in [0.1, 0.15) is 11.6 Å². The van der Waals surface area contributed by atoms with Gasteiger partial charge in [0, 0.05) is 24.0 Å². The highest BCUT2D eigenvalue weighted by Gasteiger charge is 2.29. The van der Waals surface area contributed by atoms with E-state index in [2.05, 4.69) is 10.2 Å². The van der Waals surface area contributed by atoms with Gasteiger partial charge in [-0.15, -0.1) is 0 Å². The fourth-order valence-electron chi connectivity index (χ4n) is 2.48. The van der Waals surface area contributed by atoms with Gasteiger partial charge in [-0.25, -0.2) is 4.39 Å². The van der Waals surface area contributed by atoms with E-state index in [1.165, 1.54) is 12.1 Å². The molecule has 23 heavy (non-hydrogen) atoms. The van der Waals surface area contributed by atoms with Gasteiger partial charge in [0.2, 0.25) is 5.91 Å². The first-order valence-corrected chi connectivity index (χ1v) is 8.01. The minimum absolute atomic E-state index is 0.156. The molecule has 3 rings (SSSR count). The highest BCUT2D eigenvalue weighted by atomic mass is 35.5. The van der Waals surface area contributed by atoms with Crippen molar-refractivity contribution in [2.75, 3.05) is 11.9 Å². The second kappa shape index (κ2) is 7.15. The van der Waals surface area contributed by atoms with Crippen molar-refractivity contribution in [3.63, 3.8) is 0 Å². The summed E-state index contributed by atoms with van der Waals surface area (Å²) in [4.78, 5) is 14.3. The van der Waals surface area contributed by atoms with Gasteiger partial charge in [-0.1, -0.05) is 11.6 Å². The Morgan fingerprint density at radius 2 is 2.22 bits per heavy atom. The SMILES string of the molecule is O=C(CCN(Cc1ccco1)C1CC1)Nc1ccc(Cl)cc1F. The number of hydrogen-bond donors (Lipinski definition) is 1. The third-order valence-corrected chi connectivity index (χ3v) is 4.07. The molecular weight excluding hydrogens is 319 g/mol. The van der Waals surface area contributed by atoms with Crippen molar-refractivity contribution in [2.45, 2.75) is 31.8 Å². The molecule has 1 saturated carbocycles. The normalized spacial score (nSPS) is 14.2. The van der Waals surface area contributed by atoms with Crippen molar-refractivity contribution in [1.29, 1.82) is 0 Å². The summed E-state index contributed by atoms with van der Waals surface area (Å²) in [7, 11) is 0. The van der Waals surface area contributed by atoms with Crippen molar-refractivity contribution < 1.29 is 13.6 Å². The number of rotatable bonds is 7. The zero-order valence-electron chi connectivity index (χ0n) is 12.6. The van der Waals surface area contributed by atoms with Crippen LogP contribution in [-0.2, 0) is 11.3 Å². The van der Waals surface area contributed by atoms with E-state index in [0.29, 0.717) is 30.6 Å². The van der Waals surface area contributed by atoms with Gasteiger partial charge in [-0.3, -0.25) is 9.69 Å². The van der Waals surface area contributed by atoms with Gasteiger partial charge in [-0.2, -0.15) is 0 Å². The smallest absolute Gasteiger partial charge is 0.225 e. The van der Waals surface area contributed by atoms with E-state index in [4.69, 9.17) is 16.0 Å². The number of nitrogens with one attached hydrogen (secondary N) is 1. The molecule has 0 saturated heterocycles. The lowest BCUT2D eigenvalue weighted by Crippen LogP contribution is -2.29. The lowest BCUT2D eigenvalue weighted by Gasteiger charge is -2.20. The first-order chi connectivity index (χ1) is 11.1. The molecular formula is C17H18ClFN2O2. The predicted octanol–water partition coefficient (Wildman–Crippen LogP) is 4.07. The Hall–Kier alpha value is -1.85. The summed E-state index contributed by atoms with van der Waals surface area (Å²) in [5.41, 5.74) is 0.156. The van der Waals surface area contributed by atoms with E-state index in [9.17, 15) is 9.18 Å². The van der Waals surface area contributed by atoms with Crippen molar-refractivity contribution >= 4 is 23.2 Å². The van der Waals surface area contributed by atoms with Gasteiger partial charge in [0.25, 0.3) is 0 Å². The average molecular weight is 337 g/mol. The lowest BCUT2D eigenvalue weighted by atomic mass is 10.2. The molecule has 0 bridgehead atoms. The monoisotopic (exact) mass is 336 g/mol. The zero-order valence-corrected chi connectivity index (χ0v) is 13.4. The van der Waals surface area contributed by atoms with Crippen LogP contribution in [0, 0.1) is 5.82 Å². The molecule has 1 aromatic carbocycles. The average Bonchev–Trinajstić information content (AvgIpc) is 3.23. The number of amides is 1. The maximum absolute atomic E-state index is 13.7. The van der Waals surface area contributed by atoms with Gasteiger partial charge in [0.05, 0.1) is 18.5 Å². The largest absolute Gasteiger partial charge is 0.468 e. The van der Waals surface area contributed by atoms with E-state index in [1.807, 2.05) is 12.1 Å². The number of carbonyl (C=O) groups excluding carboxylic acids is 1. The summed E-state index contributed by atoms with van der Waals surface area (Å²) in [6.07, 6.45) is 4.25. The Kier molecular flexibility index (Phi) is 4.98. The van der Waals surface area contributed by atoms with Gasteiger partial charge >= 0.3 is 0 Å². The molecule has 0 unspecified atom stereocenters. The van der Waals surface area contributed by atoms with Crippen LogP contribution in [0.15, 0.2) is 41.0 Å². The van der Waals surface area contributed by atoms with Crippen LogP contribution in [0.4, 0.5) is 10.1 Å². The minimum atomic E-state index is -0.527. The van der Waals surface area contributed by atoms with E-state index in [1.54, 1.807) is 12.3 Å². The molecule has 4 nitrogen and oxygen atoms in total. The predicted molar refractivity (Wildman–Crippen MR) is 86.8 cm³/mol. The molecule has 0 radical (unpaired) electrons. The van der Waals surface area contributed by atoms with Crippen LogP contribution in [0.5, 0.6) is 0 Å². The second-order valence-corrected chi connectivity index (χ2v) is 6.14. The Balaban J connectivity index is 1.52. The second-order valence-electron chi connectivity index (χ2n) is 5.70. The number of nitrogens with zero attached hydrogens (tertiary/aromatic N) is 1. The molecule has 1 fully saturated rings. The molecule has 1 N–H and O–H groups in total. The molecule has 1 aliphatic carbocycles. The Labute approximate surface area is 139 Å². The number of anilines is 1. The van der Waals surface area contributed by atoms with Crippen LogP contribution in [0.3, 0.4) is 0 Å². The van der Waals surface area contributed by atoms with Gasteiger partial charge < -0.3 is 9.73 Å². The molecule has 1 aromatic heterocycles. The number of benzene rings is 1. The molecule has 1 heterocycles. The van der Waals surface area contributed by atoms with Crippen LogP contribution in [-0.4, -0.2) is 23.4 Å². The molecule has 0 atom stereocenters. The minimum Gasteiger partial charge on any atom is -0.468 e. The van der Waals surface area contributed by atoms with Crippen molar-refractivity contribution in [3.8, 4) is 0 Å². The fraction of sp³-hybridized carbons (Fsp3) is 0.353. The first-order valence-electron chi connectivity index (χ1n) is 7.63. The van der Waals surface area contributed by atoms with E-state index in [-0.39, 0.29) is 11.6 Å². The van der Waals surface area contributed by atoms with Crippen LogP contribution < -0.4 is 5.32 Å². The van der Waals surface area contributed by atoms with Crippen molar-refractivity contribution in [3.05, 3.63) is 53.2 Å². The maximum Gasteiger partial charge on any atom is 0.225 e. The highest BCUT2D eigenvalue weighted by molar-refractivity contribution is 6.30. The first kappa shape index (κ1) is 16.0. The van der Waals surface area contributed by atoms with Gasteiger partial charge in [-0.05, 0) is 43.2 Å². The molecule has 122 valence electrons. The quantitative estimate of drug-likeness (QED) is 0.829. The van der Waals surface area contributed by atoms with E-state index >= 15 is 0 Å². The standard InChI is InChI=1S/C17H18ClFN2O2/c18-12-3-6-16(15(19)10-12)20-17(22)7-8-21(13-4-5-13)11-14-2-1-9-23-14/h1-3,6,9-10,13H,4-5,7-8,11H2,(H,20,22). The van der Waals surface area contributed by atoms with Crippen molar-refractivity contribution in [1.82, 2.24) is 4.90 Å². The van der Waals surface area contributed by atoms with Crippen LogP contribution in [0.2, 0.25) is 5.02 Å². The molecule has 0 aliphatic heterocycles. The summed E-state index contributed by atoms with van der Waals surface area (Å²) in [5, 5.41) is 2.89. The maximum atomic E-state index is 13.7. The number of furan rings is 1. The third kappa shape index (κ3) is 4.56. The summed E-state index contributed by atoms with van der Waals surface area (Å²) in [5.74, 6) is 0.151. The lowest BCUT2D eigenvalue weighted by molar-refractivity contribution is -0.116. The number of hydrogen-bond acceptors (Lipinski definition) is 3. The van der Waals surface area contributed by atoms with Crippen LogP contribution >= 0.6 is 11.6 Å². The fourth-order valence-corrected chi connectivity index (χ4v) is 2.64. The summed E-state index contributed by atoms with van der Waals surface area (Å²) < 4.78 is 19.0. The topological polar surface area (TPSA) is 45.5 Å². The third-order valence-electron chi connectivity index (χ3n) is 3.83. The van der Waals surface area contributed by atoms with E-state index in [0.717, 1.165) is 18.6 Å². The zero-order chi connectivity index (χ0) is 16.2. The Bertz CT molecular complexity index is 671. The summed E-state index contributed by atoms with van der Waals surface area (Å²) in [6.45, 7) is 1.31. The summed E-state index contributed by atoms with van der Waals surface area (Å²) in [6, 6.07) is 8.50. The molecule has 2 aromatic rings. The Morgan fingerprint density at radius 1 is 1.39 bits per heavy atom. The molecule has 1 aliphatic rings. The van der Waals surface area contributed by atoms with Crippen molar-refractivity contribution in [2.24, 2.45) is 0 Å². The molecule has 1 amide bonds. The number of carbonyl (C=O) groups is 1. The van der Waals surface area contributed by atoms with E-state index < -0.39 is 5.82 Å².